The van der Waals surface area contributed by atoms with Crippen molar-refractivity contribution >= 4 is 0 Å². The van der Waals surface area contributed by atoms with Gasteiger partial charge in [-0.1, -0.05) is 17.2 Å². The standard InChI is InChI=1S/C12H15FN4O/c13-11-3-1-10(2-4-11)8-17-5-6-18-12(9-17)7-15-16-14/h1-4,12H,5-9H2/t12-/m1/s1. The molecule has 0 bridgehead atoms. The van der Waals surface area contributed by atoms with Gasteiger partial charge in [-0.3, -0.25) is 4.90 Å². The van der Waals surface area contributed by atoms with Gasteiger partial charge in [0.1, 0.15) is 5.82 Å². The third kappa shape index (κ3) is 3.70. The summed E-state index contributed by atoms with van der Waals surface area (Å²) in [6.45, 7) is 3.32. The van der Waals surface area contributed by atoms with Crippen molar-refractivity contribution < 1.29 is 9.13 Å². The van der Waals surface area contributed by atoms with Crippen LogP contribution in [0.3, 0.4) is 0 Å². The number of hydrogen-bond donors (Lipinski definition) is 0. The minimum atomic E-state index is -0.220. The summed E-state index contributed by atoms with van der Waals surface area (Å²) >= 11 is 0. The van der Waals surface area contributed by atoms with Gasteiger partial charge in [0, 0.05) is 24.5 Å². The molecule has 1 aromatic carbocycles. The molecule has 0 saturated carbocycles. The van der Waals surface area contributed by atoms with Crippen molar-refractivity contribution in [2.24, 2.45) is 5.11 Å². The number of halogens is 1. The quantitative estimate of drug-likeness (QED) is 0.468. The molecule has 1 atom stereocenters. The lowest BCUT2D eigenvalue weighted by Gasteiger charge is -2.32. The molecule has 5 nitrogen and oxygen atoms in total. The molecule has 0 amide bonds. The highest BCUT2D eigenvalue weighted by Crippen LogP contribution is 2.11. The summed E-state index contributed by atoms with van der Waals surface area (Å²) in [6.07, 6.45) is -0.0462. The zero-order chi connectivity index (χ0) is 12.8. The first-order valence-electron chi connectivity index (χ1n) is 5.87. The fraction of sp³-hybridized carbons (Fsp3) is 0.500. The summed E-state index contributed by atoms with van der Waals surface area (Å²) < 4.78 is 18.3. The van der Waals surface area contributed by atoms with E-state index in [4.69, 9.17) is 10.3 Å². The highest BCUT2D eigenvalue weighted by atomic mass is 19.1. The van der Waals surface area contributed by atoms with Gasteiger partial charge in [-0.2, -0.15) is 0 Å². The maximum atomic E-state index is 12.8. The Kier molecular flexibility index (Phi) is 4.52. The van der Waals surface area contributed by atoms with Gasteiger partial charge in [0.2, 0.25) is 0 Å². The van der Waals surface area contributed by atoms with Crippen LogP contribution in [-0.2, 0) is 11.3 Å². The average Bonchev–Trinajstić information content (AvgIpc) is 2.40. The second-order valence-corrected chi connectivity index (χ2v) is 4.27. The topological polar surface area (TPSA) is 61.2 Å². The molecule has 1 aromatic rings. The highest BCUT2D eigenvalue weighted by molar-refractivity contribution is 5.15. The summed E-state index contributed by atoms with van der Waals surface area (Å²) in [5.74, 6) is -0.220. The van der Waals surface area contributed by atoms with Gasteiger partial charge in [0.15, 0.2) is 0 Å². The van der Waals surface area contributed by atoms with Crippen LogP contribution in [0.5, 0.6) is 0 Å². The molecule has 1 fully saturated rings. The van der Waals surface area contributed by atoms with E-state index in [9.17, 15) is 4.39 Å². The van der Waals surface area contributed by atoms with E-state index in [-0.39, 0.29) is 11.9 Å². The van der Waals surface area contributed by atoms with Gasteiger partial charge in [-0.15, -0.1) is 0 Å². The number of benzene rings is 1. The van der Waals surface area contributed by atoms with Crippen molar-refractivity contribution in [2.45, 2.75) is 12.6 Å². The molecule has 1 saturated heterocycles. The van der Waals surface area contributed by atoms with Gasteiger partial charge >= 0.3 is 0 Å². The van der Waals surface area contributed by atoms with E-state index in [1.165, 1.54) is 12.1 Å². The van der Waals surface area contributed by atoms with E-state index in [2.05, 4.69) is 14.9 Å². The Morgan fingerprint density at radius 1 is 1.44 bits per heavy atom. The Hall–Kier alpha value is -1.62. The Morgan fingerprint density at radius 3 is 2.94 bits per heavy atom. The molecule has 2 rings (SSSR count). The molecule has 0 spiro atoms. The first-order chi connectivity index (χ1) is 8.78. The Bertz CT molecular complexity index is 430. The van der Waals surface area contributed by atoms with Crippen LogP contribution in [0.15, 0.2) is 29.4 Å². The van der Waals surface area contributed by atoms with Crippen molar-refractivity contribution in [3.63, 3.8) is 0 Å². The molecule has 0 aliphatic carbocycles. The van der Waals surface area contributed by atoms with Crippen LogP contribution in [0.1, 0.15) is 5.56 Å². The minimum Gasteiger partial charge on any atom is -0.375 e. The fourth-order valence-corrected chi connectivity index (χ4v) is 2.01. The lowest BCUT2D eigenvalue weighted by atomic mass is 10.2. The minimum absolute atomic E-state index is 0.0462. The summed E-state index contributed by atoms with van der Waals surface area (Å²) in [7, 11) is 0. The first-order valence-corrected chi connectivity index (χ1v) is 5.87. The molecule has 0 radical (unpaired) electrons. The maximum Gasteiger partial charge on any atom is 0.123 e. The monoisotopic (exact) mass is 250 g/mol. The second kappa shape index (κ2) is 6.35. The molecule has 1 aliphatic rings. The number of hydrogen-bond acceptors (Lipinski definition) is 3. The van der Waals surface area contributed by atoms with Gasteiger partial charge in [0.25, 0.3) is 0 Å². The van der Waals surface area contributed by atoms with Crippen LogP contribution >= 0.6 is 0 Å². The Morgan fingerprint density at radius 2 is 2.22 bits per heavy atom. The zero-order valence-electron chi connectivity index (χ0n) is 10.00. The van der Waals surface area contributed by atoms with Crippen LogP contribution in [0.4, 0.5) is 4.39 Å². The van der Waals surface area contributed by atoms with Crippen molar-refractivity contribution in [1.29, 1.82) is 0 Å². The largest absolute Gasteiger partial charge is 0.375 e. The lowest BCUT2D eigenvalue weighted by Crippen LogP contribution is -2.43. The first kappa shape index (κ1) is 12.8. The van der Waals surface area contributed by atoms with E-state index in [0.29, 0.717) is 13.2 Å². The van der Waals surface area contributed by atoms with Gasteiger partial charge in [-0.05, 0) is 23.2 Å². The second-order valence-electron chi connectivity index (χ2n) is 4.27. The molecule has 6 heteroatoms. The van der Waals surface area contributed by atoms with Gasteiger partial charge in [0.05, 0.1) is 19.3 Å². The maximum absolute atomic E-state index is 12.8. The van der Waals surface area contributed by atoms with E-state index in [1.807, 2.05) is 0 Å². The van der Waals surface area contributed by atoms with Crippen LogP contribution in [0.25, 0.3) is 10.4 Å². The SMILES string of the molecule is [N-]=[N+]=NC[C@@H]1CN(Cc2ccc(F)cc2)CCO1. The molecule has 0 unspecified atom stereocenters. The van der Waals surface area contributed by atoms with E-state index in [1.54, 1.807) is 12.1 Å². The van der Waals surface area contributed by atoms with Crippen molar-refractivity contribution in [3.05, 3.63) is 46.1 Å². The summed E-state index contributed by atoms with van der Waals surface area (Å²) in [5, 5.41) is 3.53. The molecular formula is C12H15FN4O. The van der Waals surface area contributed by atoms with Crippen molar-refractivity contribution in [3.8, 4) is 0 Å². The summed E-state index contributed by atoms with van der Waals surface area (Å²) in [4.78, 5) is 4.95. The van der Waals surface area contributed by atoms with E-state index < -0.39 is 0 Å². The number of ether oxygens (including phenoxy) is 1. The predicted molar refractivity (Wildman–Crippen MR) is 65.4 cm³/mol. The third-order valence-electron chi connectivity index (χ3n) is 2.89. The number of morpholine rings is 1. The van der Waals surface area contributed by atoms with Crippen LogP contribution < -0.4 is 0 Å². The molecule has 1 aliphatic heterocycles. The summed E-state index contributed by atoms with van der Waals surface area (Å²) in [5.41, 5.74) is 9.35. The molecule has 96 valence electrons. The summed E-state index contributed by atoms with van der Waals surface area (Å²) in [6, 6.07) is 6.50. The van der Waals surface area contributed by atoms with Crippen molar-refractivity contribution in [1.82, 2.24) is 4.90 Å². The van der Waals surface area contributed by atoms with Crippen LogP contribution in [-0.4, -0.2) is 37.2 Å². The fourth-order valence-electron chi connectivity index (χ4n) is 2.01. The van der Waals surface area contributed by atoms with E-state index in [0.717, 1.165) is 25.2 Å². The Balaban J connectivity index is 1.89. The normalized spacial score (nSPS) is 20.4. The molecule has 0 N–H and O–H groups in total. The lowest BCUT2D eigenvalue weighted by molar-refractivity contribution is -0.0259. The third-order valence-corrected chi connectivity index (χ3v) is 2.89. The molecule has 0 aromatic heterocycles. The number of rotatable bonds is 4. The van der Waals surface area contributed by atoms with Crippen molar-refractivity contribution in [2.75, 3.05) is 26.2 Å². The predicted octanol–water partition coefficient (Wildman–Crippen LogP) is 2.34. The number of azide groups is 1. The smallest absolute Gasteiger partial charge is 0.123 e. The van der Waals surface area contributed by atoms with E-state index >= 15 is 0 Å². The number of nitrogens with zero attached hydrogens (tertiary/aromatic N) is 4. The van der Waals surface area contributed by atoms with Gasteiger partial charge < -0.3 is 4.74 Å². The molecule has 18 heavy (non-hydrogen) atoms. The zero-order valence-corrected chi connectivity index (χ0v) is 10.00. The van der Waals surface area contributed by atoms with Gasteiger partial charge in [-0.25, -0.2) is 4.39 Å². The Labute approximate surface area is 105 Å². The van der Waals surface area contributed by atoms with Crippen LogP contribution in [0.2, 0.25) is 0 Å². The average molecular weight is 250 g/mol. The highest BCUT2D eigenvalue weighted by Gasteiger charge is 2.19. The molecular weight excluding hydrogens is 235 g/mol. The molecule has 1 heterocycles. The van der Waals surface area contributed by atoms with Crippen LogP contribution in [0, 0.1) is 5.82 Å².